The van der Waals surface area contributed by atoms with E-state index >= 15 is 0 Å². The van der Waals surface area contributed by atoms with Crippen molar-refractivity contribution in [3.63, 3.8) is 0 Å². The lowest BCUT2D eigenvalue weighted by molar-refractivity contribution is -0.384. The Morgan fingerprint density at radius 3 is 2.09 bits per heavy atom. The molecule has 0 fully saturated rings. The number of nitro groups is 1. The SMILES string of the molecule is CCOc1cc(/C=N/NC(=O)CNC(=O)C(c2ccccc2)c2ccccc2)ccc1OC(=O)c1ccc([N+](=O)[O-])cc1. The van der Waals surface area contributed by atoms with Crippen molar-refractivity contribution in [2.75, 3.05) is 13.2 Å². The van der Waals surface area contributed by atoms with Gasteiger partial charge in [-0.3, -0.25) is 19.7 Å². The van der Waals surface area contributed by atoms with Crippen LogP contribution in [0.25, 0.3) is 0 Å². The van der Waals surface area contributed by atoms with Crippen molar-refractivity contribution in [2.24, 2.45) is 5.10 Å². The quantitative estimate of drug-likeness (QED) is 0.0817. The first-order valence-electron chi connectivity index (χ1n) is 13.3. The lowest BCUT2D eigenvalue weighted by Crippen LogP contribution is -2.37. The number of nitrogens with one attached hydrogen (secondary N) is 2. The standard InChI is InChI=1S/C32H28N4O7/c1-2-42-28-19-22(13-18-27(28)43-32(39)25-14-16-26(17-15-25)36(40)41)20-34-35-29(37)21-33-31(38)30(23-9-5-3-6-10-23)24-11-7-4-8-12-24/h3-20,30H,2,21H2,1H3,(H,33,38)(H,35,37)/b34-20+. The Labute approximate surface area is 247 Å². The zero-order valence-electron chi connectivity index (χ0n) is 23.1. The minimum Gasteiger partial charge on any atom is -0.490 e. The number of carbonyl (C=O) groups excluding carboxylic acids is 3. The van der Waals surface area contributed by atoms with Gasteiger partial charge in [-0.05, 0) is 53.9 Å². The van der Waals surface area contributed by atoms with Crippen LogP contribution in [-0.2, 0) is 9.59 Å². The molecule has 0 spiro atoms. The second kappa shape index (κ2) is 14.7. The average molecular weight is 581 g/mol. The second-order valence-corrected chi connectivity index (χ2v) is 9.10. The highest BCUT2D eigenvalue weighted by atomic mass is 16.6. The van der Waals surface area contributed by atoms with Crippen molar-refractivity contribution in [1.29, 1.82) is 0 Å². The fraction of sp³-hybridized carbons (Fsp3) is 0.125. The Bertz CT molecular complexity index is 1570. The fourth-order valence-corrected chi connectivity index (χ4v) is 4.11. The van der Waals surface area contributed by atoms with Crippen molar-refractivity contribution in [2.45, 2.75) is 12.8 Å². The van der Waals surface area contributed by atoms with Gasteiger partial charge in [-0.25, -0.2) is 10.2 Å². The number of hydrogen-bond donors (Lipinski definition) is 2. The molecule has 0 saturated carbocycles. The van der Waals surface area contributed by atoms with Crippen LogP contribution in [-0.4, -0.2) is 42.1 Å². The van der Waals surface area contributed by atoms with Gasteiger partial charge in [-0.2, -0.15) is 5.10 Å². The molecule has 0 heterocycles. The normalized spacial score (nSPS) is 10.7. The van der Waals surface area contributed by atoms with E-state index in [1.165, 1.54) is 36.5 Å². The van der Waals surface area contributed by atoms with Gasteiger partial charge >= 0.3 is 5.97 Å². The van der Waals surface area contributed by atoms with Crippen molar-refractivity contribution in [3.8, 4) is 11.5 Å². The Morgan fingerprint density at radius 1 is 0.884 bits per heavy atom. The number of nitrogens with zero attached hydrogens (tertiary/aromatic N) is 2. The van der Waals surface area contributed by atoms with Gasteiger partial charge in [0.15, 0.2) is 11.5 Å². The largest absolute Gasteiger partial charge is 0.490 e. The van der Waals surface area contributed by atoms with E-state index < -0.39 is 22.7 Å². The highest BCUT2D eigenvalue weighted by Crippen LogP contribution is 2.29. The molecule has 0 aromatic heterocycles. The molecule has 43 heavy (non-hydrogen) atoms. The zero-order valence-corrected chi connectivity index (χ0v) is 23.1. The van der Waals surface area contributed by atoms with E-state index in [0.717, 1.165) is 11.1 Å². The van der Waals surface area contributed by atoms with Gasteiger partial charge in [-0.15, -0.1) is 0 Å². The molecule has 0 atom stereocenters. The number of non-ortho nitro benzene ring substituents is 1. The van der Waals surface area contributed by atoms with Crippen LogP contribution in [0.4, 0.5) is 5.69 Å². The lowest BCUT2D eigenvalue weighted by Gasteiger charge is -2.17. The van der Waals surface area contributed by atoms with Crippen LogP contribution in [0.15, 0.2) is 108 Å². The van der Waals surface area contributed by atoms with Crippen LogP contribution >= 0.6 is 0 Å². The molecular weight excluding hydrogens is 552 g/mol. The molecule has 4 rings (SSSR count). The van der Waals surface area contributed by atoms with Gasteiger partial charge in [0.25, 0.3) is 11.6 Å². The van der Waals surface area contributed by atoms with Crippen molar-refractivity contribution >= 4 is 29.7 Å². The number of hydrazone groups is 1. The topological polar surface area (TPSA) is 149 Å². The molecule has 11 heteroatoms. The molecule has 2 N–H and O–H groups in total. The highest BCUT2D eigenvalue weighted by Gasteiger charge is 2.23. The Hall–Kier alpha value is -5.84. The fourth-order valence-electron chi connectivity index (χ4n) is 4.11. The molecule has 218 valence electrons. The molecule has 0 aliphatic carbocycles. The molecule has 11 nitrogen and oxygen atoms in total. The van der Waals surface area contributed by atoms with Gasteiger partial charge in [-0.1, -0.05) is 60.7 Å². The number of amides is 2. The zero-order chi connectivity index (χ0) is 30.6. The summed E-state index contributed by atoms with van der Waals surface area (Å²) in [6.07, 6.45) is 1.38. The highest BCUT2D eigenvalue weighted by molar-refractivity contribution is 5.92. The summed E-state index contributed by atoms with van der Waals surface area (Å²) in [6, 6.07) is 28.3. The van der Waals surface area contributed by atoms with Crippen LogP contribution in [0.5, 0.6) is 11.5 Å². The molecular formula is C32H28N4O7. The van der Waals surface area contributed by atoms with E-state index in [1.54, 1.807) is 19.1 Å². The molecule has 0 radical (unpaired) electrons. The molecule has 4 aromatic carbocycles. The molecule has 0 unspecified atom stereocenters. The minimum absolute atomic E-state index is 0.132. The Kier molecular flexibility index (Phi) is 10.3. The third-order valence-corrected chi connectivity index (χ3v) is 6.14. The van der Waals surface area contributed by atoms with E-state index in [2.05, 4.69) is 15.8 Å². The van der Waals surface area contributed by atoms with Crippen LogP contribution in [0.2, 0.25) is 0 Å². The summed E-state index contributed by atoms with van der Waals surface area (Å²) < 4.78 is 11.0. The third-order valence-electron chi connectivity index (χ3n) is 6.14. The number of ether oxygens (including phenoxy) is 2. The van der Waals surface area contributed by atoms with Gasteiger partial charge < -0.3 is 14.8 Å². The van der Waals surface area contributed by atoms with E-state index in [-0.39, 0.29) is 41.8 Å². The maximum Gasteiger partial charge on any atom is 0.343 e. The van der Waals surface area contributed by atoms with Crippen molar-refractivity contribution in [1.82, 2.24) is 10.7 Å². The first-order chi connectivity index (χ1) is 20.9. The van der Waals surface area contributed by atoms with Gasteiger partial charge in [0.05, 0.1) is 35.8 Å². The summed E-state index contributed by atoms with van der Waals surface area (Å²) >= 11 is 0. The molecule has 0 saturated heterocycles. The Morgan fingerprint density at radius 2 is 1.51 bits per heavy atom. The number of carbonyl (C=O) groups is 3. The van der Waals surface area contributed by atoms with Crippen molar-refractivity contribution in [3.05, 3.63) is 135 Å². The number of rotatable bonds is 12. The summed E-state index contributed by atoms with van der Waals surface area (Å²) in [5.41, 5.74) is 4.51. The smallest absolute Gasteiger partial charge is 0.343 e. The van der Waals surface area contributed by atoms with E-state index in [9.17, 15) is 24.5 Å². The summed E-state index contributed by atoms with van der Waals surface area (Å²) in [4.78, 5) is 48.3. The van der Waals surface area contributed by atoms with Crippen molar-refractivity contribution < 1.29 is 28.8 Å². The van der Waals surface area contributed by atoms with E-state index in [0.29, 0.717) is 5.56 Å². The van der Waals surface area contributed by atoms with Crippen LogP contribution in [0.3, 0.4) is 0 Å². The second-order valence-electron chi connectivity index (χ2n) is 9.10. The summed E-state index contributed by atoms with van der Waals surface area (Å²) in [6.45, 7) is 1.76. The minimum atomic E-state index is -0.714. The third kappa shape index (κ3) is 8.33. The monoisotopic (exact) mass is 580 g/mol. The first kappa shape index (κ1) is 30.1. The number of nitro benzene ring substituents is 1. The molecule has 2 amide bonds. The summed E-state index contributed by atoms with van der Waals surface area (Å²) in [7, 11) is 0. The molecule has 4 aromatic rings. The predicted molar refractivity (Wildman–Crippen MR) is 159 cm³/mol. The van der Waals surface area contributed by atoms with Crippen LogP contribution < -0.4 is 20.2 Å². The summed E-state index contributed by atoms with van der Waals surface area (Å²) in [5.74, 6) is -1.74. The van der Waals surface area contributed by atoms with Gasteiger partial charge in [0.1, 0.15) is 0 Å². The average Bonchev–Trinajstić information content (AvgIpc) is 3.02. The maximum absolute atomic E-state index is 13.1. The molecule has 0 bridgehead atoms. The number of hydrogen-bond acceptors (Lipinski definition) is 8. The van der Waals surface area contributed by atoms with Gasteiger partial charge in [0, 0.05) is 12.1 Å². The first-order valence-corrected chi connectivity index (χ1v) is 13.3. The Balaban J connectivity index is 1.35. The van der Waals surface area contributed by atoms with Crippen LogP contribution in [0.1, 0.15) is 39.9 Å². The van der Waals surface area contributed by atoms with E-state index in [4.69, 9.17) is 9.47 Å². The van der Waals surface area contributed by atoms with Gasteiger partial charge in [0.2, 0.25) is 5.91 Å². The molecule has 0 aliphatic heterocycles. The lowest BCUT2D eigenvalue weighted by atomic mass is 9.90. The molecule has 0 aliphatic rings. The predicted octanol–water partition coefficient (Wildman–Crippen LogP) is 4.61. The maximum atomic E-state index is 13.1. The van der Waals surface area contributed by atoms with E-state index in [1.807, 2.05) is 60.7 Å². The van der Waals surface area contributed by atoms with Crippen LogP contribution in [0, 0.1) is 10.1 Å². The number of benzene rings is 4. The number of esters is 1. The summed E-state index contributed by atoms with van der Waals surface area (Å²) in [5, 5.41) is 17.5.